The van der Waals surface area contributed by atoms with Crippen LogP contribution in [0, 0.1) is 17.8 Å². The Kier molecular flexibility index (Phi) is 13.6. The Balaban J connectivity index is 0.00000153. The van der Waals surface area contributed by atoms with Crippen molar-refractivity contribution in [3.8, 4) is 0 Å². The van der Waals surface area contributed by atoms with E-state index in [0.29, 0.717) is 6.42 Å². The fourth-order valence-corrected chi connectivity index (χ4v) is 2.96. The lowest BCUT2D eigenvalue weighted by molar-refractivity contribution is -0.135. The topological polar surface area (TPSA) is 108 Å². The van der Waals surface area contributed by atoms with Gasteiger partial charge in [0.15, 0.2) is 0 Å². The predicted octanol–water partition coefficient (Wildman–Crippen LogP) is 2.77. The van der Waals surface area contributed by atoms with E-state index in [1.54, 1.807) is 5.48 Å². The van der Waals surface area contributed by atoms with E-state index in [1.807, 2.05) is 13.8 Å². The molecule has 1 aliphatic rings. The second-order valence-electron chi connectivity index (χ2n) is 8.42. The molecule has 1 fully saturated rings. The Morgan fingerprint density at radius 3 is 2.00 bits per heavy atom. The Labute approximate surface area is 164 Å². The van der Waals surface area contributed by atoms with Crippen molar-refractivity contribution >= 4 is 17.7 Å². The summed E-state index contributed by atoms with van der Waals surface area (Å²) in [5.41, 5.74) is 1.54. The van der Waals surface area contributed by atoms with Gasteiger partial charge in [0.2, 0.25) is 17.7 Å². The first-order valence-electron chi connectivity index (χ1n) is 10.2. The van der Waals surface area contributed by atoms with Gasteiger partial charge in [-0.15, -0.1) is 0 Å². The molecular weight excluding hydrogens is 346 g/mol. The smallest absolute Gasteiger partial charge is 0.244 e. The van der Waals surface area contributed by atoms with Gasteiger partial charge < -0.3 is 10.6 Å². The number of nitrogens with one attached hydrogen (secondary N) is 3. The molecule has 0 heterocycles. The molecule has 1 atom stereocenters. The first kappa shape index (κ1) is 25.4. The molecule has 1 rings (SSSR count). The van der Waals surface area contributed by atoms with Crippen LogP contribution >= 0.6 is 0 Å². The molecule has 0 bridgehead atoms. The predicted molar refractivity (Wildman–Crippen MR) is 106 cm³/mol. The normalized spacial score (nSPS) is 15.6. The molecule has 4 N–H and O–H groups in total. The Morgan fingerprint density at radius 2 is 1.52 bits per heavy atom. The summed E-state index contributed by atoms with van der Waals surface area (Å²) in [6.07, 6.45) is 5.88. The van der Waals surface area contributed by atoms with Crippen LogP contribution in [0.2, 0.25) is 0 Å². The van der Waals surface area contributed by atoms with Crippen molar-refractivity contribution in [3.63, 3.8) is 0 Å². The summed E-state index contributed by atoms with van der Waals surface area (Å²) < 4.78 is 0. The molecule has 0 aliphatic heterocycles. The van der Waals surface area contributed by atoms with Crippen LogP contribution in [0.5, 0.6) is 0 Å². The fraction of sp³-hybridized carbons (Fsp3) is 0.850. The zero-order valence-corrected chi connectivity index (χ0v) is 17.6. The lowest BCUT2D eigenvalue weighted by Gasteiger charge is -2.23. The molecule has 0 aromatic heterocycles. The van der Waals surface area contributed by atoms with E-state index in [1.165, 1.54) is 6.42 Å². The second kappa shape index (κ2) is 14.4. The molecule has 1 saturated carbocycles. The lowest BCUT2D eigenvalue weighted by Crippen LogP contribution is -2.44. The van der Waals surface area contributed by atoms with Gasteiger partial charge in [-0.05, 0) is 31.1 Å². The largest absolute Gasteiger partial charge is 0.352 e. The van der Waals surface area contributed by atoms with Gasteiger partial charge in [-0.1, -0.05) is 53.9 Å². The molecule has 27 heavy (non-hydrogen) atoms. The standard InChI is InChI=1S/C16H29N3O4.C4H10/c1-11(2)8-12(9-14(20)19-23)16(22)17-10-15(21)18-13-6-4-3-5-7-13;1-4(2)3/h11-13,23H,3-10H2,1-2H3,(H,17,22)(H,18,21)(H,19,20);4H,1-3H3. The maximum atomic E-state index is 12.2. The minimum Gasteiger partial charge on any atom is -0.352 e. The van der Waals surface area contributed by atoms with E-state index in [4.69, 9.17) is 5.21 Å². The summed E-state index contributed by atoms with van der Waals surface area (Å²) in [4.78, 5) is 35.4. The van der Waals surface area contributed by atoms with Crippen molar-refractivity contribution in [3.05, 3.63) is 0 Å². The molecule has 0 saturated heterocycles. The zero-order valence-electron chi connectivity index (χ0n) is 17.6. The SMILES string of the molecule is CC(C)C.CC(C)CC(CC(=O)NO)C(=O)NCC(=O)NC1CCCCC1. The maximum absolute atomic E-state index is 12.2. The lowest BCUT2D eigenvalue weighted by atomic mass is 9.93. The van der Waals surface area contributed by atoms with Crippen LogP contribution in [0.3, 0.4) is 0 Å². The molecule has 1 aliphatic carbocycles. The van der Waals surface area contributed by atoms with Crippen molar-refractivity contribution in [1.82, 2.24) is 16.1 Å². The summed E-state index contributed by atoms with van der Waals surface area (Å²) in [5.74, 6) is -0.614. The Morgan fingerprint density at radius 1 is 0.963 bits per heavy atom. The molecular formula is C20H39N3O4. The van der Waals surface area contributed by atoms with Gasteiger partial charge in [-0.25, -0.2) is 5.48 Å². The van der Waals surface area contributed by atoms with Crippen LogP contribution in [0.4, 0.5) is 0 Å². The fourth-order valence-electron chi connectivity index (χ4n) is 2.96. The number of hydroxylamine groups is 1. The van der Waals surface area contributed by atoms with Crippen molar-refractivity contribution in [1.29, 1.82) is 0 Å². The minimum atomic E-state index is -0.600. The van der Waals surface area contributed by atoms with Crippen LogP contribution in [-0.2, 0) is 14.4 Å². The molecule has 0 radical (unpaired) electrons. The van der Waals surface area contributed by atoms with Gasteiger partial charge in [-0.3, -0.25) is 19.6 Å². The number of hydrogen-bond acceptors (Lipinski definition) is 4. The highest BCUT2D eigenvalue weighted by atomic mass is 16.5. The summed E-state index contributed by atoms with van der Waals surface area (Å²) in [6.45, 7) is 10.3. The van der Waals surface area contributed by atoms with Gasteiger partial charge in [0.05, 0.1) is 6.54 Å². The molecule has 7 heteroatoms. The highest BCUT2D eigenvalue weighted by Crippen LogP contribution is 2.17. The monoisotopic (exact) mass is 385 g/mol. The van der Waals surface area contributed by atoms with Crippen molar-refractivity contribution in [2.45, 2.75) is 85.6 Å². The highest BCUT2D eigenvalue weighted by Gasteiger charge is 2.23. The molecule has 0 aromatic carbocycles. The average molecular weight is 386 g/mol. The third-order valence-electron chi connectivity index (χ3n) is 4.08. The van der Waals surface area contributed by atoms with Crippen LogP contribution < -0.4 is 16.1 Å². The Bertz CT molecular complexity index is 444. The molecule has 1 unspecified atom stereocenters. The molecule has 3 amide bonds. The third-order valence-corrected chi connectivity index (χ3v) is 4.08. The van der Waals surface area contributed by atoms with E-state index >= 15 is 0 Å². The van der Waals surface area contributed by atoms with E-state index in [9.17, 15) is 14.4 Å². The summed E-state index contributed by atoms with van der Waals surface area (Å²) in [6, 6.07) is 0.208. The molecule has 7 nitrogen and oxygen atoms in total. The van der Waals surface area contributed by atoms with Gasteiger partial charge in [0.25, 0.3) is 0 Å². The van der Waals surface area contributed by atoms with Gasteiger partial charge in [0.1, 0.15) is 0 Å². The summed E-state index contributed by atoms with van der Waals surface area (Å²) >= 11 is 0. The first-order valence-corrected chi connectivity index (χ1v) is 10.2. The van der Waals surface area contributed by atoms with Crippen LogP contribution in [0.1, 0.15) is 79.6 Å². The number of rotatable bonds is 8. The molecule has 0 spiro atoms. The minimum absolute atomic E-state index is 0.0787. The third kappa shape index (κ3) is 14.1. The highest BCUT2D eigenvalue weighted by molar-refractivity contribution is 5.88. The van der Waals surface area contributed by atoms with Crippen molar-refractivity contribution < 1.29 is 19.6 Å². The van der Waals surface area contributed by atoms with Crippen LogP contribution in [0.25, 0.3) is 0 Å². The van der Waals surface area contributed by atoms with E-state index in [-0.39, 0.29) is 36.7 Å². The van der Waals surface area contributed by atoms with Gasteiger partial charge >= 0.3 is 0 Å². The van der Waals surface area contributed by atoms with E-state index in [2.05, 4.69) is 31.4 Å². The summed E-state index contributed by atoms with van der Waals surface area (Å²) in [7, 11) is 0. The van der Waals surface area contributed by atoms with Crippen LogP contribution in [0.15, 0.2) is 0 Å². The second-order valence-corrected chi connectivity index (χ2v) is 8.42. The number of amides is 3. The first-order chi connectivity index (χ1) is 12.6. The van der Waals surface area contributed by atoms with Crippen LogP contribution in [-0.4, -0.2) is 35.5 Å². The number of carbonyl (C=O) groups excluding carboxylic acids is 3. The number of hydrogen-bond donors (Lipinski definition) is 4. The van der Waals surface area contributed by atoms with Crippen molar-refractivity contribution in [2.75, 3.05) is 6.54 Å². The average Bonchev–Trinajstić information content (AvgIpc) is 2.59. The quantitative estimate of drug-likeness (QED) is 0.381. The zero-order chi connectivity index (χ0) is 20.8. The molecule has 0 aromatic rings. The van der Waals surface area contributed by atoms with Gasteiger partial charge in [0, 0.05) is 18.4 Å². The van der Waals surface area contributed by atoms with Gasteiger partial charge in [-0.2, -0.15) is 0 Å². The summed E-state index contributed by atoms with van der Waals surface area (Å²) in [5, 5.41) is 14.1. The Hall–Kier alpha value is -1.63. The maximum Gasteiger partial charge on any atom is 0.244 e. The van der Waals surface area contributed by atoms with E-state index < -0.39 is 11.8 Å². The van der Waals surface area contributed by atoms with E-state index in [0.717, 1.165) is 31.6 Å². The number of carbonyl (C=O) groups is 3. The molecule has 158 valence electrons. The van der Waals surface area contributed by atoms with Crippen molar-refractivity contribution in [2.24, 2.45) is 17.8 Å².